The van der Waals surface area contributed by atoms with Gasteiger partial charge < -0.3 is 10.1 Å². The third-order valence-corrected chi connectivity index (χ3v) is 5.61. The molecule has 0 atom stereocenters. The Hall–Kier alpha value is -4.95. The Labute approximate surface area is 205 Å². The number of nitrogens with one attached hydrogen (secondary N) is 2. The lowest BCUT2D eigenvalue weighted by Gasteiger charge is -2.12. The van der Waals surface area contributed by atoms with Crippen molar-refractivity contribution in [3.8, 4) is 23.1 Å². The Morgan fingerprint density at radius 1 is 1.17 bits per heavy atom. The molecule has 2 N–H and O–H groups in total. The van der Waals surface area contributed by atoms with Crippen molar-refractivity contribution in [2.24, 2.45) is 0 Å². The number of methoxy groups -OCH3 is 1. The summed E-state index contributed by atoms with van der Waals surface area (Å²) in [5, 5.41) is 27.9. The molecule has 0 aliphatic carbocycles. The molecule has 0 unspecified atom stereocenters. The fourth-order valence-electron chi connectivity index (χ4n) is 3.89. The van der Waals surface area contributed by atoms with E-state index in [4.69, 9.17) is 9.72 Å². The zero-order valence-electron chi connectivity index (χ0n) is 19.8. The van der Waals surface area contributed by atoms with Crippen molar-refractivity contribution >= 4 is 28.3 Å². The Morgan fingerprint density at radius 2 is 2.03 bits per heavy atom. The number of aryl methyl sites for hydroxylation is 2. The lowest BCUT2D eigenvalue weighted by Crippen LogP contribution is -2.11. The number of fused-ring (bicyclic) bond motifs is 1. The molecule has 5 aromatic rings. The standard InChI is InChI=1S/C25H21N9O2/c1-14-4-8-22(33-30-14)28-16-5-7-18-20(10-16)34(13-27-18)23-9-6-17(21(35)12-36-3)25(29-23)24-15(2)31-32-19(24)11-26/h4-10,13H,12H2,1-3H3,(H,28,33)(H,31,32). The van der Waals surface area contributed by atoms with Gasteiger partial charge in [-0.2, -0.15) is 15.5 Å². The van der Waals surface area contributed by atoms with Crippen LogP contribution in [0.15, 0.2) is 48.8 Å². The van der Waals surface area contributed by atoms with Gasteiger partial charge in [0.2, 0.25) is 0 Å². The van der Waals surface area contributed by atoms with Crippen LogP contribution in [0.25, 0.3) is 28.1 Å². The molecule has 5 rings (SSSR count). The quantitative estimate of drug-likeness (QED) is 0.334. The smallest absolute Gasteiger partial charge is 0.190 e. The number of Topliss-reactive ketones (excluding diaryl/α,β-unsaturated/α-hetero) is 1. The normalized spacial score (nSPS) is 10.9. The Kier molecular flexibility index (Phi) is 5.93. The monoisotopic (exact) mass is 479 g/mol. The molecule has 11 nitrogen and oxygen atoms in total. The Bertz CT molecular complexity index is 1630. The predicted molar refractivity (Wildman–Crippen MR) is 132 cm³/mol. The van der Waals surface area contributed by atoms with Gasteiger partial charge in [0.1, 0.15) is 24.8 Å². The number of benzene rings is 1. The number of ether oxygens (including phenoxy) is 1. The molecule has 0 saturated heterocycles. The zero-order valence-corrected chi connectivity index (χ0v) is 19.8. The molecule has 0 radical (unpaired) electrons. The molecule has 178 valence electrons. The highest BCUT2D eigenvalue weighted by Crippen LogP contribution is 2.30. The molecule has 4 aromatic heterocycles. The van der Waals surface area contributed by atoms with Crippen LogP contribution in [0.1, 0.15) is 27.4 Å². The van der Waals surface area contributed by atoms with E-state index in [0.29, 0.717) is 34.2 Å². The van der Waals surface area contributed by atoms with E-state index in [2.05, 4.69) is 36.8 Å². The lowest BCUT2D eigenvalue weighted by molar-refractivity contribution is 0.0848. The Morgan fingerprint density at radius 3 is 2.78 bits per heavy atom. The van der Waals surface area contributed by atoms with E-state index in [9.17, 15) is 10.1 Å². The third kappa shape index (κ3) is 4.17. The number of nitrogens with zero attached hydrogens (tertiary/aromatic N) is 7. The number of nitriles is 1. The van der Waals surface area contributed by atoms with E-state index in [1.165, 1.54) is 7.11 Å². The summed E-state index contributed by atoms with van der Waals surface area (Å²) in [5.74, 6) is 0.891. The summed E-state index contributed by atoms with van der Waals surface area (Å²) >= 11 is 0. The number of imidazole rings is 1. The summed E-state index contributed by atoms with van der Waals surface area (Å²) in [4.78, 5) is 22.1. The molecule has 0 bridgehead atoms. The molecule has 0 aliphatic heterocycles. The van der Waals surface area contributed by atoms with Gasteiger partial charge in [-0.25, -0.2) is 9.97 Å². The third-order valence-electron chi connectivity index (χ3n) is 5.61. The predicted octanol–water partition coefficient (Wildman–Crippen LogP) is 3.66. The maximum atomic E-state index is 12.8. The van der Waals surface area contributed by atoms with Gasteiger partial charge in [0.15, 0.2) is 17.3 Å². The van der Waals surface area contributed by atoms with Crippen LogP contribution in [0, 0.1) is 25.2 Å². The molecule has 4 heterocycles. The van der Waals surface area contributed by atoms with Crippen molar-refractivity contribution in [1.29, 1.82) is 5.26 Å². The lowest BCUT2D eigenvalue weighted by atomic mass is 10.0. The van der Waals surface area contributed by atoms with Gasteiger partial charge in [-0.1, -0.05) is 0 Å². The number of pyridine rings is 1. The summed E-state index contributed by atoms with van der Waals surface area (Å²) in [6.07, 6.45) is 1.66. The van der Waals surface area contributed by atoms with Crippen LogP contribution in [0.4, 0.5) is 11.5 Å². The number of carbonyl (C=O) groups excluding carboxylic acids is 1. The summed E-state index contributed by atoms with van der Waals surface area (Å²) < 4.78 is 6.86. The average molecular weight is 480 g/mol. The summed E-state index contributed by atoms with van der Waals surface area (Å²) in [7, 11) is 1.45. The van der Waals surface area contributed by atoms with E-state index < -0.39 is 0 Å². The van der Waals surface area contributed by atoms with Crippen LogP contribution < -0.4 is 5.32 Å². The van der Waals surface area contributed by atoms with Crippen molar-refractivity contribution < 1.29 is 9.53 Å². The first-order valence-corrected chi connectivity index (χ1v) is 11.0. The van der Waals surface area contributed by atoms with Crippen molar-refractivity contribution in [2.45, 2.75) is 13.8 Å². The van der Waals surface area contributed by atoms with E-state index in [1.54, 1.807) is 25.4 Å². The second kappa shape index (κ2) is 9.36. The fourth-order valence-corrected chi connectivity index (χ4v) is 3.89. The van der Waals surface area contributed by atoms with Crippen LogP contribution in [0.2, 0.25) is 0 Å². The molecular formula is C25H21N9O2. The van der Waals surface area contributed by atoms with E-state index in [0.717, 1.165) is 22.4 Å². The minimum Gasteiger partial charge on any atom is -0.377 e. The number of rotatable bonds is 7. The summed E-state index contributed by atoms with van der Waals surface area (Å²) in [6.45, 7) is 3.54. The SMILES string of the molecule is COCC(=O)c1ccc(-n2cnc3ccc(Nc4ccc(C)nn4)cc32)nc1-c1c(C#N)n[nH]c1C. The largest absolute Gasteiger partial charge is 0.377 e. The molecule has 0 saturated carbocycles. The average Bonchev–Trinajstić information content (AvgIpc) is 3.48. The fraction of sp³-hybridized carbons (Fsp3) is 0.160. The minimum absolute atomic E-state index is 0.113. The molecular weight excluding hydrogens is 458 g/mol. The number of aromatic nitrogens is 7. The summed E-state index contributed by atoms with van der Waals surface area (Å²) in [5.41, 5.74) is 5.13. The van der Waals surface area contributed by atoms with Gasteiger partial charge in [0.05, 0.1) is 28.0 Å². The van der Waals surface area contributed by atoms with Crippen molar-refractivity contribution in [2.75, 3.05) is 19.0 Å². The maximum Gasteiger partial charge on any atom is 0.190 e. The van der Waals surface area contributed by atoms with Crippen LogP contribution in [0.3, 0.4) is 0 Å². The van der Waals surface area contributed by atoms with E-state index >= 15 is 0 Å². The Balaban J connectivity index is 1.62. The van der Waals surface area contributed by atoms with E-state index in [-0.39, 0.29) is 18.1 Å². The first kappa shape index (κ1) is 22.8. The highest BCUT2D eigenvalue weighted by atomic mass is 16.5. The number of aromatic amines is 1. The molecule has 1 aromatic carbocycles. The number of H-pyrrole nitrogens is 1. The zero-order chi connectivity index (χ0) is 25.2. The van der Waals surface area contributed by atoms with Gasteiger partial charge in [-0.15, -0.1) is 5.10 Å². The molecule has 0 spiro atoms. The highest BCUT2D eigenvalue weighted by Gasteiger charge is 2.22. The number of carbonyl (C=O) groups is 1. The van der Waals surface area contributed by atoms with Gasteiger partial charge >= 0.3 is 0 Å². The van der Waals surface area contributed by atoms with Crippen LogP contribution in [-0.2, 0) is 4.74 Å². The van der Waals surface area contributed by atoms with Crippen LogP contribution in [-0.4, -0.2) is 54.4 Å². The number of hydrogen-bond acceptors (Lipinski definition) is 9. The van der Waals surface area contributed by atoms with Crippen molar-refractivity contribution in [1.82, 2.24) is 34.9 Å². The molecule has 0 amide bonds. The first-order chi connectivity index (χ1) is 17.5. The number of hydrogen-bond donors (Lipinski definition) is 2. The first-order valence-electron chi connectivity index (χ1n) is 11.0. The van der Waals surface area contributed by atoms with Gasteiger partial charge in [0, 0.05) is 24.1 Å². The van der Waals surface area contributed by atoms with Crippen LogP contribution >= 0.6 is 0 Å². The number of anilines is 2. The van der Waals surface area contributed by atoms with E-state index in [1.807, 2.05) is 41.8 Å². The maximum absolute atomic E-state index is 12.8. The van der Waals surface area contributed by atoms with Gasteiger partial charge in [-0.05, 0) is 56.3 Å². The van der Waals surface area contributed by atoms with Crippen molar-refractivity contribution in [3.05, 3.63) is 71.4 Å². The minimum atomic E-state index is -0.253. The van der Waals surface area contributed by atoms with Gasteiger partial charge in [-0.3, -0.25) is 14.5 Å². The van der Waals surface area contributed by atoms with Gasteiger partial charge in [0.25, 0.3) is 0 Å². The molecule has 36 heavy (non-hydrogen) atoms. The molecule has 11 heteroatoms. The molecule has 0 aliphatic rings. The summed E-state index contributed by atoms with van der Waals surface area (Å²) in [6, 6.07) is 14.9. The second-order valence-electron chi connectivity index (χ2n) is 8.11. The number of ketones is 1. The second-order valence-corrected chi connectivity index (χ2v) is 8.11. The molecule has 0 fully saturated rings. The topological polar surface area (TPSA) is 147 Å². The van der Waals surface area contributed by atoms with Crippen molar-refractivity contribution in [3.63, 3.8) is 0 Å². The highest BCUT2D eigenvalue weighted by molar-refractivity contribution is 6.03. The van der Waals surface area contributed by atoms with Crippen LogP contribution in [0.5, 0.6) is 0 Å².